The van der Waals surface area contributed by atoms with Crippen molar-refractivity contribution in [2.45, 2.75) is 5.16 Å². The fraction of sp³-hybridized carbons (Fsp3) is 0.0556. The summed E-state index contributed by atoms with van der Waals surface area (Å²) in [6, 6.07) is 13.7. The van der Waals surface area contributed by atoms with Crippen molar-refractivity contribution in [3.8, 4) is 0 Å². The number of fused-ring (bicyclic) bond motifs is 3. The average molecular weight is 379 g/mol. The van der Waals surface area contributed by atoms with Crippen LogP contribution in [0.2, 0.25) is 0 Å². The van der Waals surface area contributed by atoms with Crippen LogP contribution in [-0.2, 0) is 4.79 Å². The molecule has 0 saturated carbocycles. The quantitative estimate of drug-likeness (QED) is 0.456. The van der Waals surface area contributed by atoms with Crippen LogP contribution in [0.15, 0.2) is 53.7 Å². The number of hydrogen-bond donors (Lipinski definition) is 3. The summed E-state index contributed by atoms with van der Waals surface area (Å²) in [4.78, 5) is 30.5. The van der Waals surface area contributed by atoms with Gasteiger partial charge in [0.05, 0.1) is 11.3 Å². The van der Waals surface area contributed by atoms with Gasteiger partial charge in [-0.1, -0.05) is 30.0 Å². The number of hydrogen-bond acceptors (Lipinski definition) is 6. The van der Waals surface area contributed by atoms with E-state index in [9.17, 15) is 9.59 Å². The van der Waals surface area contributed by atoms with Crippen LogP contribution in [0, 0.1) is 0 Å². The maximum atomic E-state index is 12.1. The van der Waals surface area contributed by atoms with E-state index in [1.165, 1.54) is 23.9 Å². The van der Waals surface area contributed by atoms with Crippen molar-refractivity contribution in [3.63, 3.8) is 0 Å². The predicted molar refractivity (Wildman–Crippen MR) is 102 cm³/mol. The number of thioether (sulfide) groups is 1. The number of nitrogens with zero attached hydrogens (tertiary/aromatic N) is 3. The largest absolute Gasteiger partial charge is 0.478 e. The van der Waals surface area contributed by atoms with Gasteiger partial charge >= 0.3 is 5.97 Å². The summed E-state index contributed by atoms with van der Waals surface area (Å²) in [5, 5.41) is 21.2. The standard InChI is InChI=1S/C18H13N5O3S/c24-14(19-11-7-5-10(6-8-11)17(25)26)9-27-18-21-16-15(22-23-18)12-3-1-2-4-13(12)20-16/h1-8H,9H2,(H,19,24)(H,25,26)(H,20,21,23). The fourth-order valence-electron chi connectivity index (χ4n) is 2.59. The molecule has 4 aromatic rings. The Labute approximate surface area is 157 Å². The Bertz CT molecular complexity index is 1160. The number of aromatic carboxylic acids is 1. The zero-order valence-corrected chi connectivity index (χ0v) is 14.7. The van der Waals surface area contributed by atoms with Crippen molar-refractivity contribution in [1.82, 2.24) is 20.2 Å². The van der Waals surface area contributed by atoms with E-state index in [1.54, 1.807) is 12.1 Å². The van der Waals surface area contributed by atoms with Gasteiger partial charge in [-0.05, 0) is 30.3 Å². The number of carbonyl (C=O) groups excluding carboxylic acids is 1. The van der Waals surface area contributed by atoms with E-state index in [0.717, 1.165) is 10.9 Å². The summed E-state index contributed by atoms with van der Waals surface area (Å²) in [6.45, 7) is 0. The summed E-state index contributed by atoms with van der Waals surface area (Å²) in [5.41, 5.74) is 2.93. The van der Waals surface area contributed by atoms with Crippen LogP contribution in [0.5, 0.6) is 0 Å². The van der Waals surface area contributed by atoms with Gasteiger partial charge in [-0.2, -0.15) is 0 Å². The molecule has 27 heavy (non-hydrogen) atoms. The molecule has 134 valence electrons. The zero-order chi connectivity index (χ0) is 18.8. The third-order valence-corrected chi connectivity index (χ3v) is 4.69. The van der Waals surface area contributed by atoms with Crippen LogP contribution in [-0.4, -0.2) is 42.9 Å². The summed E-state index contributed by atoms with van der Waals surface area (Å²) in [5.74, 6) is -1.16. The highest BCUT2D eigenvalue weighted by molar-refractivity contribution is 7.99. The second-order valence-corrected chi connectivity index (χ2v) is 6.62. The molecule has 4 rings (SSSR count). The topological polar surface area (TPSA) is 121 Å². The molecule has 9 heteroatoms. The Morgan fingerprint density at radius 1 is 1.07 bits per heavy atom. The van der Waals surface area contributed by atoms with Gasteiger partial charge < -0.3 is 15.4 Å². The van der Waals surface area contributed by atoms with E-state index in [1.807, 2.05) is 24.3 Å². The van der Waals surface area contributed by atoms with E-state index < -0.39 is 5.97 Å². The van der Waals surface area contributed by atoms with Crippen molar-refractivity contribution in [1.29, 1.82) is 0 Å². The maximum absolute atomic E-state index is 12.1. The van der Waals surface area contributed by atoms with Crippen molar-refractivity contribution in [2.24, 2.45) is 0 Å². The molecule has 0 atom stereocenters. The van der Waals surface area contributed by atoms with Crippen LogP contribution < -0.4 is 5.32 Å². The first-order chi connectivity index (χ1) is 13.1. The van der Waals surface area contributed by atoms with Crippen molar-refractivity contribution in [3.05, 3.63) is 54.1 Å². The Hall–Kier alpha value is -3.46. The lowest BCUT2D eigenvalue weighted by atomic mass is 10.2. The minimum absolute atomic E-state index is 0.105. The second-order valence-electron chi connectivity index (χ2n) is 5.68. The van der Waals surface area contributed by atoms with Crippen molar-refractivity contribution >= 4 is 51.4 Å². The number of carbonyl (C=O) groups is 2. The number of anilines is 1. The van der Waals surface area contributed by atoms with Crippen LogP contribution >= 0.6 is 11.8 Å². The molecule has 0 saturated heterocycles. The number of rotatable bonds is 5. The molecule has 0 aliphatic rings. The number of carboxylic acids is 1. The van der Waals surface area contributed by atoms with E-state index in [4.69, 9.17) is 5.11 Å². The summed E-state index contributed by atoms with van der Waals surface area (Å²) in [6.07, 6.45) is 0. The molecule has 0 bridgehead atoms. The molecule has 1 amide bonds. The van der Waals surface area contributed by atoms with E-state index in [2.05, 4.69) is 25.5 Å². The number of benzene rings is 2. The Kier molecular flexibility index (Phi) is 4.43. The molecule has 0 radical (unpaired) electrons. The van der Waals surface area contributed by atoms with Gasteiger partial charge in [0, 0.05) is 16.6 Å². The molecule has 3 N–H and O–H groups in total. The number of amides is 1. The Morgan fingerprint density at radius 3 is 2.63 bits per heavy atom. The molecule has 2 aromatic carbocycles. The average Bonchev–Trinajstić information content (AvgIpc) is 3.04. The minimum Gasteiger partial charge on any atom is -0.478 e. The summed E-state index contributed by atoms with van der Waals surface area (Å²) in [7, 11) is 0. The predicted octanol–water partition coefficient (Wildman–Crippen LogP) is 2.94. The van der Waals surface area contributed by atoms with Gasteiger partial charge in [0.2, 0.25) is 11.1 Å². The van der Waals surface area contributed by atoms with E-state index in [-0.39, 0.29) is 17.2 Å². The van der Waals surface area contributed by atoms with Crippen molar-refractivity contribution < 1.29 is 14.7 Å². The lowest BCUT2D eigenvalue weighted by molar-refractivity contribution is -0.113. The Morgan fingerprint density at radius 2 is 1.85 bits per heavy atom. The number of para-hydroxylation sites is 1. The highest BCUT2D eigenvalue weighted by atomic mass is 32.2. The molecule has 2 heterocycles. The molecule has 0 spiro atoms. The lowest BCUT2D eigenvalue weighted by Gasteiger charge is -2.05. The van der Waals surface area contributed by atoms with Crippen LogP contribution in [0.1, 0.15) is 10.4 Å². The lowest BCUT2D eigenvalue weighted by Crippen LogP contribution is -2.14. The van der Waals surface area contributed by atoms with Crippen molar-refractivity contribution in [2.75, 3.05) is 11.1 Å². The van der Waals surface area contributed by atoms with E-state index in [0.29, 0.717) is 22.0 Å². The molecule has 0 aliphatic carbocycles. The van der Waals surface area contributed by atoms with Crippen LogP contribution in [0.4, 0.5) is 5.69 Å². The molecular formula is C18H13N5O3S. The first kappa shape index (κ1) is 17.0. The molecule has 8 nitrogen and oxygen atoms in total. The first-order valence-corrected chi connectivity index (χ1v) is 8.96. The number of aromatic nitrogens is 4. The number of aromatic amines is 1. The van der Waals surface area contributed by atoms with Gasteiger partial charge in [0.15, 0.2) is 5.65 Å². The summed E-state index contributed by atoms with van der Waals surface area (Å²) < 4.78 is 0. The van der Waals surface area contributed by atoms with Gasteiger partial charge in [-0.3, -0.25) is 4.79 Å². The van der Waals surface area contributed by atoms with Gasteiger partial charge in [-0.15, -0.1) is 10.2 Å². The van der Waals surface area contributed by atoms with Crippen LogP contribution in [0.3, 0.4) is 0 Å². The minimum atomic E-state index is -1.01. The summed E-state index contributed by atoms with van der Waals surface area (Å²) >= 11 is 1.17. The number of H-pyrrole nitrogens is 1. The van der Waals surface area contributed by atoms with Gasteiger partial charge in [0.25, 0.3) is 0 Å². The molecule has 0 fully saturated rings. The van der Waals surface area contributed by atoms with Gasteiger partial charge in [0.1, 0.15) is 5.52 Å². The molecule has 2 aromatic heterocycles. The first-order valence-electron chi connectivity index (χ1n) is 7.97. The molecule has 0 unspecified atom stereocenters. The number of nitrogens with one attached hydrogen (secondary N) is 2. The zero-order valence-electron chi connectivity index (χ0n) is 13.8. The van der Waals surface area contributed by atoms with Gasteiger partial charge in [-0.25, -0.2) is 9.78 Å². The monoisotopic (exact) mass is 379 g/mol. The number of carboxylic acid groups (broad SMARTS) is 1. The molecular weight excluding hydrogens is 366 g/mol. The maximum Gasteiger partial charge on any atom is 0.335 e. The normalized spacial score (nSPS) is 11.0. The van der Waals surface area contributed by atoms with E-state index >= 15 is 0 Å². The highest BCUT2D eigenvalue weighted by Crippen LogP contribution is 2.23. The third-order valence-electron chi connectivity index (χ3n) is 3.85. The Balaban J connectivity index is 1.42. The molecule has 0 aliphatic heterocycles. The fourth-order valence-corrected chi connectivity index (χ4v) is 3.18. The second kappa shape index (κ2) is 7.04. The van der Waals surface area contributed by atoms with Crippen LogP contribution in [0.25, 0.3) is 22.1 Å². The highest BCUT2D eigenvalue weighted by Gasteiger charge is 2.11. The SMILES string of the molecule is O=C(CSc1nnc2c(n1)[nH]c1ccccc12)Nc1ccc(C(=O)O)cc1. The smallest absolute Gasteiger partial charge is 0.335 e. The third kappa shape index (κ3) is 3.58.